The van der Waals surface area contributed by atoms with Gasteiger partial charge in [-0.1, -0.05) is 6.07 Å². The number of likely N-dealkylation sites (tertiary alicyclic amines) is 1. The summed E-state index contributed by atoms with van der Waals surface area (Å²) in [6, 6.07) is 10.1. The summed E-state index contributed by atoms with van der Waals surface area (Å²) >= 11 is 1.58. The van der Waals surface area contributed by atoms with E-state index in [1.807, 2.05) is 29.6 Å². The molecule has 0 saturated carbocycles. The monoisotopic (exact) mass is 411 g/mol. The average Bonchev–Trinajstić information content (AvgIpc) is 3.26. The molecule has 3 heterocycles. The summed E-state index contributed by atoms with van der Waals surface area (Å²) < 4.78 is 11.5. The van der Waals surface area contributed by atoms with E-state index in [-0.39, 0.29) is 6.10 Å². The van der Waals surface area contributed by atoms with Crippen LogP contribution in [0.3, 0.4) is 0 Å². The van der Waals surface area contributed by atoms with Crippen LogP contribution in [0, 0.1) is 0 Å². The lowest BCUT2D eigenvalue weighted by Gasteiger charge is -2.30. The Kier molecular flexibility index (Phi) is 6.39. The van der Waals surface area contributed by atoms with E-state index in [1.165, 1.54) is 0 Å². The van der Waals surface area contributed by atoms with Gasteiger partial charge in [0.2, 0.25) is 5.88 Å². The molecule has 2 aromatic heterocycles. The first-order valence-electron chi connectivity index (χ1n) is 9.77. The number of nitrogens with zero attached hydrogens (tertiary/aromatic N) is 3. The van der Waals surface area contributed by atoms with Crippen LogP contribution in [-0.2, 0) is 13.2 Å². The zero-order valence-corrected chi connectivity index (χ0v) is 17.3. The van der Waals surface area contributed by atoms with Crippen LogP contribution in [0.15, 0.2) is 48.1 Å². The highest BCUT2D eigenvalue weighted by atomic mass is 32.1. The van der Waals surface area contributed by atoms with Gasteiger partial charge in [0.1, 0.15) is 17.4 Å². The van der Waals surface area contributed by atoms with Gasteiger partial charge in [-0.25, -0.2) is 9.97 Å². The Balaban J connectivity index is 1.62. The second-order valence-corrected chi connectivity index (χ2v) is 8.11. The number of aliphatic hydroxyl groups excluding tert-OH is 1. The number of hydrogen-bond acceptors (Lipinski definition) is 7. The third-order valence-electron chi connectivity index (χ3n) is 5.05. The van der Waals surface area contributed by atoms with Crippen molar-refractivity contribution in [2.24, 2.45) is 0 Å². The quantitative estimate of drug-likeness (QED) is 0.639. The van der Waals surface area contributed by atoms with E-state index >= 15 is 0 Å². The average molecular weight is 412 g/mol. The van der Waals surface area contributed by atoms with E-state index < -0.39 is 0 Å². The third-order valence-corrected chi connectivity index (χ3v) is 5.80. The smallest absolute Gasteiger partial charge is 0.221 e. The predicted octanol–water partition coefficient (Wildman–Crippen LogP) is 3.75. The number of aromatic nitrogens is 2. The summed E-state index contributed by atoms with van der Waals surface area (Å²) in [6.45, 7) is 2.83. The van der Waals surface area contributed by atoms with Crippen molar-refractivity contribution >= 4 is 11.3 Å². The van der Waals surface area contributed by atoms with Gasteiger partial charge < -0.3 is 14.6 Å². The zero-order valence-electron chi connectivity index (χ0n) is 16.5. The van der Waals surface area contributed by atoms with Crippen LogP contribution >= 0.6 is 11.3 Å². The van der Waals surface area contributed by atoms with Crippen molar-refractivity contribution in [1.82, 2.24) is 14.9 Å². The standard InChI is InChI=1S/C22H25N3O3S/c1-27-22-19(5-2-8-24-22)16-6-7-20(28-15-21-23-9-11-29-21)17(12-16)13-25-10-3-4-18(26)14-25/h2,5-9,11-12,18,26H,3-4,10,13-15H2,1H3. The molecule has 0 radical (unpaired) electrons. The minimum atomic E-state index is -0.259. The molecule has 0 aliphatic carbocycles. The van der Waals surface area contributed by atoms with Gasteiger partial charge in [-0.3, -0.25) is 4.90 Å². The molecular formula is C22H25N3O3S. The molecule has 1 saturated heterocycles. The molecule has 1 aromatic carbocycles. The molecule has 1 aliphatic rings. The molecule has 29 heavy (non-hydrogen) atoms. The lowest BCUT2D eigenvalue weighted by atomic mass is 10.0. The van der Waals surface area contributed by atoms with E-state index in [1.54, 1.807) is 30.8 Å². The molecule has 152 valence electrons. The van der Waals surface area contributed by atoms with Crippen LogP contribution in [0.25, 0.3) is 11.1 Å². The number of β-amino-alcohol motifs (C(OH)–C–C–N with tert-alkyl or cyclic N) is 1. The summed E-state index contributed by atoms with van der Waals surface area (Å²) in [5.74, 6) is 1.44. The Bertz CT molecular complexity index is 933. The van der Waals surface area contributed by atoms with Gasteiger partial charge in [0.05, 0.1) is 13.2 Å². The summed E-state index contributed by atoms with van der Waals surface area (Å²) in [5.41, 5.74) is 3.06. The first kappa shape index (κ1) is 19.8. The number of pyridine rings is 1. The normalized spacial score (nSPS) is 17.2. The minimum absolute atomic E-state index is 0.259. The van der Waals surface area contributed by atoms with Crippen molar-refractivity contribution in [3.63, 3.8) is 0 Å². The first-order chi connectivity index (χ1) is 14.2. The van der Waals surface area contributed by atoms with Crippen molar-refractivity contribution in [1.29, 1.82) is 0 Å². The second kappa shape index (κ2) is 9.35. The van der Waals surface area contributed by atoms with Gasteiger partial charge in [-0.15, -0.1) is 11.3 Å². The number of methoxy groups -OCH3 is 1. The Labute approximate surface area is 174 Å². The lowest BCUT2D eigenvalue weighted by molar-refractivity contribution is 0.0663. The van der Waals surface area contributed by atoms with Crippen molar-refractivity contribution in [3.8, 4) is 22.8 Å². The molecule has 1 aliphatic heterocycles. The molecule has 0 spiro atoms. The van der Waals surface area contributed by atoms with Crippen molar-refractivity contribution in [2.75, 3.05) is 20.2 Å². The maximum absolute atomic E-state index is 10.1. The summed E-state index contributed by atoms with van der Waals surface area (Å²) in [4.78, 5) is 10.9. The number of ether oxygens (including phenoxy) is 2. The van der Waals surface area contributed by atoms with Crippen LogP contribution in [0.5, 0.6) is 11.6 Å². The number of benzene rings is 1. The topological polar surface area (TPSA) is 67.7 Å². The number of aliphatic hydroxyl groups is 1. The summed E-state index contributed by atoms with van der Waals surface area (Å²) in [5, 5.41) is 12.9. The molecule has 3 aromatic rings. The van der Waals surface area contributed by atoms with Gasteiger partial charge in [0, 0.05) is 42.0 Å². The molecule has 1 atom stereocenters. The molecule has 0 bridgehead atoms. The number of hydrogen-bond donors (Lipinski definition) is 1. The second-order valence-electron chi connectivity index (χ2n) is 7.13. The highest BCUT2D eigenvalue weighted by Gasteiger charge is 2.20. The van der Waals surface area contributed by atoms with Gasteiger partial charge in [-0.2, -0.15) is 0 Å². The lowest BCUT2D eigenvalue weighted by Crippen LogP contribution is -2.37. The summed E-state index contributed by atoms with van der Waals surface area (Å²) in [7, 11) is 1.63. The molecular weight excluding hydrogens is 386 g/mol. The SMILES string of the molecule is COc1ncccc1-c1ccc(OCc2nccs2)c(CN2CCCC(O)C2)c1. The van der Waals surface area contributed by atoms with E-state index in [0.717, 1.165) is 53.4 Å². The van der Waals surface area contributed by atoms with Crippen LogP contribution in [0.4, 0.5) is 0 Å². The maximum Gasteiger partial charge on any atom is 0.221 e. The predicted molar refractivity (Wildman–Crippen MR) is 113 cm³/mol. The Morgan fingerprint density at radius 1 is 1.24 bits per heavy atom. The van der Waals surface area contributed by atoms with E-state index in [0.29, 0.717) is 19.0 Å². The van der Waals surface area contributed by atoms with Gasteiger partial charge >= 0.3 is 0 Å². The third kappa shape index (κ3) is 4.93. The Hall–Kier alpha value is -2.48. The fourth-order valence-corrected chi connectivity index (χ4v) is 4.19. The van der Waals surface area contributed by atoms with Crippen LogP contribution in [0.1, 0.15) is 23.4 Å². The number of rotatable bonds is 7. The Morgan fingerprint density at radius 2 is 2.17 bits per heavy atom. The molecule has 1 unspecified atom stereocenters. The Morgan fingerprint density at radius 3 is 2.97 bits per heavy atom. The van der Waals surface area contributed by atoms with Crippen LogP contribution < -0.4 is 9.47 Å². The fourth-order valence-electron chi connectivity index (χ4n) is 3.66. The molecule has 0 amide bonds. The number of piperidine rings is 1. The zero-order chi connectivity index (χ0) is 20.1. The van der Waals surface area contributed by atoms with E-state index in [2.05, 4.69) is 20.9 Å². The van der Waals surface area contributed by atoms with Gasteiger partial charge in [-0.05, 0) is 49.2 Å². The fraction of sp³-hybridized carbons (Fsp3) is 0.364. The van der Waals surface area contributed by atoms with E-state index in [4.69, 9.17) is 9.47 Å². The van der Waals surface area contributed by atoms with Crippen LogP contribution in [-0.4, -0.2) is 46.3 Å². The van der Waals surface area contributed by atoms with Crippen molar-refractivity contribution in [2.45, 2.75) is 32.1 Å². The van der Waals surface area contributed by atoms with Gasteiger partial charge in [0.25, 0.3) is 0 Å². The van der Waals surface area contributed by atoms with E-state index in [9.17, 15) is 5.11 Å². The van der Waals surface area contributed by atoms with Crippen LogP contribution in [0.2, 0.25) is 0 Å². The minimum Gasteiger partial charge on any atom is -0.486 e. The number of thiazole rings is 1. The molecule has 6 nitrogen and oxygen atoms in total. The molecule has 4 rings (SSSR count). The molecule has 1 fully saturated rings. The summed E-state index contributed by atoms with van der Waals surface area (Å²) in [6.07, 6.45) is 5.13. The largest absolute Gasteiger partial charge is 0.486 e. The molecule has 7 heteroatoms. The van der Waals surface area contributed by atoms with Gasteiger partial charge in [0.15, 0.2) is 0 Å². The maximum atomic E-state index is 10.1. The van der Waals surface area contributed by atoms with Crippen molar-refractivity contribution in [3.05, 3.63) is 58.7 Å². The highest BCUT2D eigenvalue weighted by molar-refractivity contribution is 7.09. The van der Waals surface area contributed by atoms with Crippen molar-refractivity contribution < 1.29 is 14.6 Å². The first-order valence-corrected chi connectivity index (χ1v) is 10.6. The molecule has 1 N–H and O–H groups in total. The highest BCUT2D eigenvalue weighted by Crippen LogP contribution is 2.33.